The first-order valence-corrected chi connectivity index (χ1v) is 7.65. The molecule has 0 amide bonds. The molecule has 1 saturated carbocycles. The lowest BCUT2D eigenvalue weighted by molar-refractivity contribution is 0.206. The van der Waals surface area contributed by atoms with Gasteiger partial charge in [-0.15, -0.1) is 0 Å². The monoisotopic (exact) mass is 263 g/mol. The molecule has 0 bridgehead atoms. The van der Waals surface area contributed by atoms with Crippen LogP contribution in [0.3, 0.4) is 0 Å². The number of nitrogens with zero attached hydrogens (tertiary/aromatic N) is 2. The first kappa shape index (κ1) is 14.6. The van der Waals surface area contributed by atoms with E-state index in [-0.39, 0.29) is 5.54 Å². The normalized spacial score (nSPS) is 28.6. The van der Waals surface area contributed by atoms with Crippen LogP contribution in [0.5, 0.6) is 0 Å². The molecule has 0 radical (unpaired) electrons. The molecule has 1 aliphatic rings. The first-order valence-electron chi connectivity index (χ1n) is 7.65. The summed E-state index contributed by atoms with van der Waals surface area (Å²) in [4.78, 5) is 0. The molecule has 1 fully saturated rings. The van der Waals surface area contributed by atoms with Gasteiger partial charge in [0.15, 0.2) is 0 Å². The fraction of sp³-hybridized carbons (Fsp3) is 0.812. The zero-order valence-electron chi connectivity index (χ0n) is 13.1. The summed E-state index contributed by atoms with van der Waals surface area (Å²) in [5.41, 5.74) is 1.37. The van der Waals surface area contributed by atoms with Crippen molar-refractivity contribution in [2.45, 2.75) is 72.0 Å². The maximum atomic E-state index is 4.46. The predicted molar refractivity (Wildman–Crippen MR) is 80.0 cm³/mol. The van der Waals surface area contributed by atoms with Crippen molar-refractivity contribution in [3.63, 3.8) is 0 Å². The van der Waals surface area contributed by atoms with Crippen LogP contribution in [-0.2, 0) is 12.1 Å². The minimum atomic E-state index is 0.0743. The molecule has 3 nitrogen and oxygen atoms in total. The molecule has 19 heavy (non-hydrogen) atoms. The van der Waals surface area contributed by atoms with Gasteiger partial charge in [-0.1, -0.05) is 26.7 Å². The van der Waals surface area contributed by atoms with Gasteiger partial charge in [-0.2, -0.15) is 5.10 Å². The smallest absolute Gasteiger partial charge is 0.0543 e. The average molecular weight is 263 g/mol. The van der Waals surface area contributed by atoms with Gasteiger partial charge in [0.2, 0.25) is 0 Å². The first-order chi connectivity index (χ1) is 8.88. The molecule has 0 spiro atoms. The molecule has 3 heteroatoms. The van der Waals surface area contributed by atoms with Crippen molar-refractivity contribution < 1.29 is 0 Å². The minimum Gasteiger partial charge on any atom is -0.310 e. The van der Waals surface area contributed by atoms with Gasteiger partial charge >= 0.3 is 0 Å². The summed E-state index contributed by atoms with van der Waals surface area (Å²) < 4.78 is 2.05. The Morgan fingerprint density at radius 3 is 2.68 bits per heavy atom. The number of hydrogen-bond acceptors (Lipinski definition) is 2. The van der Waals surface area contributed by atoms with Crippen molar-refractivity contribution >= 4 is 0 Å². The Hall–Kier alpha value is -0.830. The highest BCUT2D eigenvalue weighted by molar-refractivity contribution is 5.05. The number of nitrogens with one attached hydrogen (secondary N) is 1. The van der Waals surface area contributed by atoms with Crippen LogP contribution in [-0.4, -0.2) is 15.8 Å². The van der Waals surface area contributed by atoms with E-state index in [9.17, 15) is 0 Å². The average Bonchev–Trinajstić information content (AvgIpc) is 2.79. The Labute approximate surface area is 117 Å². The fourth-order valence-corrected chi connectivity index (χ4v) is 2.94. The molecule has 108 valence electrons. The third kappa shape index (κ3) is 3.59. The van der Waals surface area contributed by atoms with E-state index in [0.29, 0.717) is 6.04 Å². The Kier molecular flexibility index (Phi) is 4.34. The van der Waals surface area contributed by atoms with Crippen LogP contribution in [0.15, 0.2) is 12.4 Å². The van der Waals surface area contributed by atoms with Crippen LogP contribution in [0, 0.1) is 11.8 Å². The van der Waals surface area contributed by atoms with Crippen molar-refractivity contribution in [3.05, 3.63) is 18.0 Å². The summed E-state index contributed by atoms with van der Waals surface area (Å²) in [6, 6.07) is 0.668. The molecule has 1 aliphatic carbocycles. The van der Waals surface area contributed by atoms with Gasteiger partial charge in [0, 0.05) is 24.3 Å². The van der Waals surface area contributed by atoms with Gasteiger partial charge in [-0.3, -0.25) is 4.68 Å². The van der Waals surface area contributed by atoms with Gasteiger partial charge in [0.25, 0.3) is 0 Å². The molecule has 0 aliphatic heterocycles. The van der Waals surface area contributed by atoms with Crippen molar-refractivity contribution in [2.24, 2.45) is 11.8 Å². The van der Waals surface area contributed by atoms with E-state index in [1.54, 1.807) is 0 Å². The van der Waals surface area contributed by atoms with E-state index in [1.165, 1.54) is 24.8 Å². The summed E-state index contributed by atoms with van der Waals surface area (Å²) in [5.74, 6) is 1.63. The summed E-state index contributed by atoms with van der Waals surface area (Å²) in [7, 11) is 0. The zero-order chi connectivity index (χ0) is 14.0. The predicted octanol–water partition coefficient (Wildman–Crippen LogP) is 3.55. The van der Waals surface area contributed by atoms with Crippen molar-refractivity contribution in [1.29, 1.82) is 0 Å². The molecule has 3 atom stereocenters. The second kappa shape index (κ2) is 5.66. The van der Waals surface area contributed by atoms with E-state index in [0.717, 1.165) is 18.4 Å². The lowest BCUT2D eigenvalue weighted by Gasteiger charge is -2.34. The second-order valence-electron chi connectivity index (χ2n) is 7.22. The lowest BCUT2D eigenvalue weighted by atomic mass is 9.78. The SMILES string of the molecule is CC1CCCC(NCc2cnn(C(C)(C)C)c2)C1C. The second-order valence-corrected chi connectivity index (χ2v) is 7.22. The van der Waals surface area contributed by atoms with Crippen molar-refractivity contribution in [3.8, 4) is 0 Å². The molecule has 0 aromatic carbocycles. The summed E-state index contributed by atoms with van der Waals surface area (Å²) in [6.07, 6.45) is 8.24. The molecule has 1 aromatic rings. The van der Waals surface area contributed by atoms with Crippen LogP contribution in [0.4, 0.5) is 0 Å². The van der Waals surface area contributed by atoms with E-state index in [1.807, 2.05) is 6.20 Å². The molecule has 0 saturated heterocycles. The summed E-state index contributed by atoms with van der Waals surface area (Å²) in [6.45, 7) is 12.3. The molecule has 1 N–H and O–H groups in total. The number of rotatable bonds is 3. The van der Waals surface area contributed by atoms with Crippen molar-refractivity contribution in [2.75, 3.05) is 0 Å². The standard InChI is InChI=1S/C16H29N3/c1-12-7-6-8-15(13(12)2)17-9-14-10-18-19(11-14)16(3,4)5/h10-13,15,17H,6-9H2,1-5H3. The van der Waals surface area contributed by atoms with Gasteiger partial charge in [0.05, 0.1) is 11.7 Å². The van der Waals surface area contributed by atoms with Gasteiger partial charge < -0.3 is 5.32 Å². The van der Waals surface area contributed by atoms with Crippen LogP contribution in [0.2, 0.25) is 0 Å². The molecule has 2 rings (SSSR count). The lowest BCUT2D eigenvalue weighted by Crippen LogP contribution is -2.40. The van der Waals surface area contributed by atoms with Crippen LogP contribution in [0.25, 0.3) is 0 Å². The maximum Gasteiger partial charge on any atom is 0.0543 e. The maximum absolute atomic E-state index is 4.46. The highest BCUT2D eigenvalue weighted by atomic mass is 15.3. The summed E-state index contributed by atoms with van der Waals surface area (Å²) in [5, 5.41) is 8.19. The third-order valence-corrected chi connectivity index (χ3v) is 4.60. The third-order valence-electron chi connectivity index (χ3n) is 4.60. The Balaban J connectivity index is 1.90. The Morgan fingerprint density at radius 1 is 1.32 bits per heavy atom. The molecule has 1 aromatic heterocycles. The van der Waals surface area contributed by atoms with E-state index < -0.39 is 0 Å². The van der Waals surface area contributed by atoms with Gasteiger partial charge in [-0.25, -0.2) is 0 Å². The highest BCUT2D eigenvalue weighted by Gasteiger charge is 2.26. The number of hydrogen-bond donors (Lipinski definition) is 1. The highest BCUT2D eigenvalue weighted by Crippen LogP contribution is 2.29. The van der Waals surface area contributed by atoms with Gasteiger partial charge in [-0.05, 0) is 39.0 Å². The Bertz CT molecular complexity index is 402. The zero-order valence-corrected chi connectivity index (χ0v) is 13.1. The fourth-order valence-electron chi connectivity index (χ4n) is 2.94. The molecule has 1 heterocycles. The topological polar surface area (TPSA) is 29.9 Å². The van der Waals surface area contributed by atoms with Gasteiger partial charge in [0.1, 0.15) is 0 Å². The largest absolute Gasteiger partial charge is 0.310 e. The molecule has 3 unspecified atom stereocenters. The van der Waals surface area contributed by atoms with Crippen molar-refractivity contribution in [1.82, 2.24) is 15.1 Å². The quantitative estimate of drug-likeness (QED) is 0.904. The van der Waals surface area contributed by atoms with Crippen LogP contribution < -0.4 is 5.32 Å². The molecular formula is C16H29N3. The van der Waals surface area contributed by atoms with E-state index >= 15 is 0 Å². The Morgan fingerprint density at radius 2 is 2.05 bits per heavy atom. The van der Waals surface area contributed by atoms with E-state index in [2.05, 4.69) is 55.9 Å². The number of aromatic nitrogens is 2. The van der Waals surface area contributed by atoms with Crippen LogP contribution >= 0.6 is 0 Å². The van der Waals surface area contributed by atoms with Crippen LogP contribution in [0.1, 0.15) is 59.4 Å². The van der Waals surface area contributed by atoms with E-state index in [4.69, 9.17) is 0 Å². The summed E-state index contributed by atoms with van der Waals surface area (Å²) >= 11 is 0. The minimum absolute atomic E-state index is 0.0743. The molecular weight excluding hydrogens is 234 g/mol.